The minimum absolute atomic E-state index is 0.219. The van der Waals surface area contributed by atoms with Crippen molar-refractivity contribution >= 4 is 22.9 Å². The Labute approximate surface area is 140 Å². The molecule has 0 radical (unpaired) electrons. The van der Waals surface area contributed by atoms with Crippen LogP contribution in [0.4, 0.5) is 0 Å². The zero-order chi connectivity index (χ0) is 16.9. The summed E-state index contributed by atoms with van der Waals surface area (Å²) >= 11 is 0. The van der Waals surface area contributed by atoms with Gasteiger partial charge < -0.3 is 4.74 Å². The molecule has 0 heterocycles. The number of amides is 1. The highest BCUT2D eigenvalue weighted by Crippen LogP contribution is 2.22. The van der Waals surface area contributed by atoms with E-state index in [9.17, 15) is 4.79 Å². The molecule has 0 saturated heterocycles. The second-order valence-corrected chi connectivity index (χ2v) is 5.45. The van der Waals surface area contributed by atoms with Gasteiger partial charge in [-0.25, -0.2) is 5.43 Å². The number of ether oxygens (including phenoxy) is 1. The van der Waals surface area contributed by atoms with Crippen LogP contribution in [0, 0.1) is 6.92 Å². The number of carbonyl (C=O) groups excluding carboxylic acids is 1. The molecule has 0 bridgehead atoms. The molecule has 3 aromatic rings. The molecule has 0 aliphatic rings. The summed E-state index contributed by atoms with van der Waals surface area (Å²) in [5.74, 6) is 0.527. The first-order valence-corrected chi connectivity index (χ1v) is 7.65. The van der Waals surface area contributed by atoms with Crippen LogP contribution >= 0.6 is 0 Å². The summed E-state index contributed by atoms with van der Waals surface area (Å²) in [4.78, 5) is 12.5. The number of hydrogen-bond donors (Lipinski definition) is 1. The number of aryl methyl sites for hydroxylation is 1. The fourth-order valence-corrected chi connectivity index (χ4v) is 2.63. The van der Waals surface area contributed by atoms with Crippen LogP contribution in [-0.2, 0) is 0 Å². The molecule has 4 nitrogen and oxygen atoms in total. The molecule has 0 spiro atoms. The quantitative estimate of drug-likeness (QED) is 0.585. The molecule has 0 aromatic heterocycles. The molecule has 3 aromatic carbocycles. The van der Waals surface area contributed by atoms with Crippen molar-refractivity contribution in [1.82, 2.24) is 5.43 Å². The van der Waals surface area contributed by atoms with Crippen LogP contribution in [0.5, 0.6) is 5.75 Å². The van der Waals surface area contributed by atoms with E-state index in [2.05, 4.69) is 10.5 Å². The van der Waals surface area contributed by atoms with Crippen LogP contribution in [-0.4, -0.2) is 19.2 Å². The molecule has 120 valence electrons. The maximum absolute atomic E-state index is 12.5. The highest BCUT2D eigenvalue weighted by atomic mass is 16.5. The minimum atomic E-state index is -0.219. The van der Waals surface area contributed by atoms with Crippen LogP contribution in [0.1, 0.15) is 21.5 Å². The molecule has 0 aliphatic heterocycles. The van der Waals surface area contributed by atoms with E-state index in [1.165, 1.54) is 0 Å². The number of rotatable bonds is 4. The van der Waals surface area contributed by atoms with Crippen molar-refractivity contribution in [2.24, 2.45) is 5.10 Å². The molecule has 1 N–H and O–H groups in total. The van der Waals surface area contributed by atoms with E-state index in [0.717, 1.165) is 27.6 Å². The number of hydrogen-bond acceptors (Lipinski definition) is 3. The summed E-state index contributed by atoms with van der Waals surface area (Å²) in [6.45, 7) is 1.92. The summed E-state index contributed by atoms with van der Waals surface area (Å²) in [6, 6.07) is 19.3. The number of methoxy groups -OCH3 is 1. The van der Waals surface area contributed by atoms with E-state index < -0.39 is 0 Å². The summed E-state index contributed by atoms with van der Waals surface area (Å²) in [6.07, 6.45) is 1.60. The number of nitrogens with zero attached hydrogens (tertiary/aromatic N) is 1. The van der Waals surface area contributed by atoms with Crippen LogP contribution in [0.15, 0.2) is 65.8 Å². The smallest absolute Gasteiger partial charge is 0.272 e. The van der Waals surface area contributed by atoms with Gasteiger partial charge in [-0.05, 0) is 41.0 Å². The van der Waals surface area contributed by atoms with Gasteiger partial charge in [-0.15, -0.1) is 0 Å². The normalized spacial score (nSPS) is 10.9. The van der Waals surface area contributed by atoms with Crippen LogP contribution in [0.2, 0.25) is 0 Å². The van der Waals surface area contributed by atoms with Crippen molar-refractivity contribution in [2.75, 3.05) is 7.11 Å². The number of carbonyl (C=O) groups is 1. The summed E-state index contributed by atoms with van der Waals surface area (Å²) in [5.41, 5.74) is 5.03. The lowest BCUT2D eigenvalue weighted by atomic mass is 9.99. The summed E-state index contributed by atoms with van der Waals surface area (Å²) < 4.78 is 5.17. The topological polar surface area (TPSA) is 50.7 Å². The lowest BCUT2D eigenvalue weighted by molar-refractivity contribution is 0.0956. The first-order chi connectivity index (χ1) is 11.7. The molecule has 24 heavy (non-hydrogen) atoms. The maximum Gasteiger partial charge on any atom is 0.272 e. The highest BCUT2D eigenvalue weighted by molar-refractivity contribution is 6.08. The fourth-order valence-electron chi connectivity index (χ4n) is 2.63. The van der Waals surface area contributed by atoms with Gasteiger partial charge in [0.05, 0.1) is 18.9 Å². The van der Waals surface area contributed by atoms with Gasteiger partial charge in [0.25, 0.3) is 5.91 Å². The molecular formula is C20H18N2O2. The Morgan fingerprint density at radius 1 is 1.08 bits per heavy atom. The standard InChI is InChI=1S/C20H18N2O2/c1-14-10-11-16-7-3-4-9-18(16)19(14)20(23)22-21-13-15-6-5-8-17(12-15)24-2/h3-13H,1-2H3,(H,22,23)/b21-13-. The predicted molar refractivity (Wildman–Crippen MR) is 96.7 cm³/mol. The van der Waals surface area contributed by atoms with Crippen molar-refractivity contribution in [3.8, 4) is 5.75 Å². The molecule has 0 aliphatic carbocycles. The SMILES string of the molecule is COc1cccc(/C=N\NC(=O)c2c(C)ccc3ccccc23)c1. The van der Waals surface area contributed by atoms with Crippen molar-refractivity contribution in [3.63, 3.8) is 0 Å². The molecule has 3 rings (SSSR count). The third kappa shape index (κ3) is 3.27. The maximum atomic E-state index is 12.5. The van der Waals surface area contributed by atoms with Gasteiger partial charge >= 0.3 is 0 Å². The van der Waals surface area contributed by atoms with Crippen molar-refractivity contribution in [2.45, 2.75) is 6.92 Å². The van der Waals surface area contributed by atoms with Gasteiger partial charge in [-0.3, -0.25) is 4.79 Å². The second kappa shape index (κ2) is 6.96. The molecule has 0 atom stereocenters. The third-order valence-electron chi connectivity index (χ3n) is 3.84. The van der Waals surface area contributed by atoms with E-state index >= 15 is 0 Å². The largest absolute Gasteiger partial charge is 0.497 e. The van der Waals surface area contributed by atoms with Gasteiger partial charge in [0, 0.05) is 0 Å². The Hall–Kier alpha value is -3.14. The Morgan fingerprint density at radius 3 is 2.75 bits per heavy atom. The first-order valence-electron chi connectivity index (χ1n) is 7.65. The van der Waals surface area contributed by atoms with E-state index in [-0.39, 0.29) is 5.91 Å². The minimum Gasteiger partial charge on any atom is -0.497 e. The highest BCUT2D eigenvalue weighted by Gasteiger charge is 2.12. The van der Waals surface area contributed by atoms with Gasteiger partial charge in [-0.2, -0.15) is 5.10 Å². The Morgan fingerprint density at radius 2 is 1.92 bits per heavy atom. The van der Waals surface area contributed by atoms with E-state index in [1.54, 1.807) is 13.3 Å². The lowest BCUT2D eigenvalue weighted by Crippen LogP contribution is -2.19. The van der Waals surface area contributed by atoms with E-state index in [0.29, 0.717) is 5.56 Å². The van der Waals surface area contributed by atoms with Crippen molar-refractivity contribution < 1.29 is 9.53 Å². The average molecular weight is 318 g/mol. The zero-order valence-electron chi connectivity index (χ0n) is 13.6. The van der Waals surface area contributed by atoms with Crippen LogP contribution in [0.3, 0.4) is 0 Å². The van der Waals surface area contributed by atoms with Crippen molar-refractivity contribution in [3.05, 3.63) is 77.4 Å². The molecule has 1 amide bonds. The Kier molecular flexibility index (Phi) is 4.57. The molecule has 4 heteroatoms. The predicted octanol–water partition coefficient (Wildman–Crippen LogP) is 3.92. The number of nitrogens with one attached hydrogen (secondary N) is 1. The zero-order valence-corrected chi connectivity index (χ0v) is 13.6. The Balaban J connectivity index is 1.83. The van der Waals surface area contributed by atoms with E-state index in [4.69, 9.17) is 4.74 Å². The number of fused-ring (bicyclic) bond motifs is 1. The average Bonchev–Trinajstić information content (AvgIpc) is 2.61. The van der Waals surface area contributed by atoms with E-state index in [1.807, 2.05) is 67.6 Å². The Bertz CT molecular complexity index is 916. The first kappa shape index (κ1) is 15.7. The number of benzene rings is 3. The molecule has 0 unspecified atom stereocenters. The number of hydrazone groups is 1. The van der Waals surface area contributed by atoms with Crippen LogP contribution < -0.4 is 10.2 Å². The second-order valence-electron chi connectivity index (χ2n) is 5.45. The molecule has 0 fully saturated rings. The monoisotopic (exact) mass is 318 g/mol. The third-order valence-corrected chi connectivity index (χ3v) is 3.84. The summed E-state index contributed by atoms with van der Waals surface area (Å²) in [5, 5.41) is 6.02. The van der Waals surface area contributed by atoms with Crippen LogP contribution in [0.25, 0.3) is 10.8 Å². The fraction of sp³-hybridized carbons (Fsp3) is 0.100. The molecule has 0 saturated carbocycles. The molecular weight excluding hydrogens is 300 g/mol. The lowest BCUT2D eigenvalue weighted by Gasteiger charge is -2.08. The van der Waals surface area contributed by atoms with Gasteiger partial charge in [-0.1, -0.05) is 48.5 Å². The summed E-state index contributed by atoms with van der Waals surface area (Å²) in [7, 11) is 1.61. The van der Waals surface area contributed by atoms with Gasteiger partial charge in [0.15, 0.2) is 0 Å². The van der Waals surface area contributed by atoms with Crippen molar-refractivity contribution in [1.29, 1.82) is 0 Å². The van der Waals surface area contributed by atoms with Gasteiger partial charge in [0.1, 0.15) is 5.75 Å². The van der Waals surface area contributed by atoms with Gasteiger partial charge in [0.2, 0.25) is 0 Å².